The first kappa shape index (κ1) is 18.3. The van der Waals surface area contributed by atoms with Gasteiger partial charge < -0.3 is 10.1 Å². The van der Waals surface area contributed by atoms with Gasteiger partial charge in [-0.15, -0.1) is 0 Å². The van der Waals surface area contributed by atoms with E-state index < -0.39 is 5.91 Å². The Hall–Kier alpha value is -3.03. The van der Waals surface area contributed by atoms with Crippen molar-refractivity contribution < 1.29 is 9.53 Å². The number of hydrogen-bond acceptors (Lipinski definition) is 3. The zero-order valence-electron chi connectivity index (χ0n) is 13.7. The van der Waals surface area contributed by atoms with Crippen molar-refractivity contribution in [2.75, 3.05) is 11.9 Å². The van der Waals surface area contributed by atoms with Crippen LogP contribution in [0.15, 0.2) is 71.3 Å². The number of benzene rings is 2. The molecule has 4 nitrogen and oxygen atoms in total. The smallest absolute Gasteiger partial charge is 0.266 e. The first-order chi connectivity index (χ1) is 12.1. The number of para-hydroxylation sites is 2. The van der Waals surface area contributed by atoms with Gasteiger partial charge in [0.05, 0.1) is 12.3 Å². The Morgan fingerprint density at radius 1 is 1.20 bits per heavy atom. The van der Waals surface area contributed by atoms with Crippen molar-refractivity contribution in [2.45, 2.75) is 6.92 Å². The zero-order chi connectivity index (χ0) is 18.1. The van der Waals surface area contributed by atoms with Gasteiger partial charge in [0.25, 0.3) is 5.91 Å². The van der Waals surface area contributed by atoms with Crippen LogP contribution >= 0.6 is 11.6 Å². The number of anilines is 1. The molecule has 0 saturated carbocycles. The molecule has 0 aliphatic rings. The van der Waals surface area contributed by atoms with Crippen LogP contribution in [0.25, 0.3) is 6.08 Å². The summed E-state index contributed by atoms with van der Waals surface area (Å²) >= 11 is 6.15. The maximum Gasteiger partial charge on any atom is 0.266 e. The lowest BCUT2D eigenvalue weighted by Crippen LogP contribution is -2.14. The van der Waals surface area contributed by atoms with Gasteiger partial charge in [-0.1, -0.05) is 54.1 Å². The molecule has 126 valence electrons. The van der Waals surface area contributed by atoms with E-state index in [1.807, 2.05) is 43.3 Å². The number of nitrogens with zero attached hydrogens (tertiary/aromatic N) is 1. The average molecular weight is 353 g/mol. The number of nitrogens with one attached hydrogen (secondary N) is 1. The molecule has 0 aliphatic carbocycles. The second-order valence-corrected chi connectivity index (χ2v) is 5.43. The first-order valence-corrected chi connectivity index (χ1v) is 8.09. The molecule has 1 amide bonds. The summed E-state index contributed by atoms with van der Waals surface area (Å²) in [6.45, 7) is 2.33. The third-order valence-corrected chi connectivity index (χ3v) is 3.40. The molecule has 0 unspecified atom stereocenters. The molecular formula is C20H17ClN2O2. The van der Waals surface area contributed by atoms with Gasteiger partial charge in [-0.05, 0) is 36.8 Å². The molecule has 2 aromatic carbocycles. The summed E-state index contributed by atoms with van der Waals surface area (Å²) in [6, 6.07) is 18.3. The molecule has 5 heteroatoms. The molecule has 0 aliphatic heterocycles. The Kier molecular flexibility index (Phi) is 6.82. The van der Waals surface area contributed by atoms with E-state index in [2.05, 4.69) is 5.32 Å². The van der Waals surface area contributed by atoms with Gasteiger partial charge in [-0.2, -0.15) is 5.26 Å². The third kappa shape index (κ3) is 5.52. The van der Waals surface area contributed by atoms with Gasteiger partial charge in [0.15, 0.2) is 0 Å². The number of hydrogen-bond donors (Lipinski definition) is 1. The number of ether oxygens (including phenoxy) is 1. The number of carbonyl (C=O) groups is 1. The van der Waals surface area contributed by atoms with Crippen LogP contribution in [0.1, 0.15) is 12.5 Å². The van der Waals surface area contributed by atoms with E-state index in [-0.39, 0.29) is 10.6 Å². The summed E-state index contributed by atoms with van der Waals surface area (Å²) in [5.41, 5.74) is 1.28. The molecule has 0 fully saturated rings. The molecule has 0 atom stereocenters. The SMILES string of the molecule is CCOc1ccccc1NC(=O)/C(C#N)=C/C(Cl)=C/c1ccccc1. The highest BCUT2D eigenvalue weighted by molar-refractivity contribution is 6.33. The normalized spacial score (nSPS) is 11.6. The molecule has 0 saturated heterocycles. The minimum atomic E-state index is -0.547. The lowest BCUT2D eigenvalue weighted by atomic mass is 10.2. The fraction of sp³-hybridized carbons (Fsp3) is 0.100. The summed E-state index contributed by atoms with van der Waals surface area (Å²) in [6.07, 6.45) is 3.02. The maximum atomic E-state index is 12.3. The van der Waals surface area contributed by atoms with E-state index in [4.69, 9.17) is 16.3 Å². The summed E-state index contributed by atoms with van der Waals surface area (Å²) in [5.74, 6) is -0.00386. The van der Waals surface area contributed by atoms with Crippen molar-refractivity contribution in [1.82, 2.24) is 0 Å². The second kappa shape index (κ2) is 9.31. The summed E-state index contributed by atoms with van der Waals surface area (Å²) < 4.78 is 5.46. The molecule has 0 spiro atoms. The van der Waals surface area contributed by atoms with Gasteiger partial charge in [0, 0.05) is 5.03 Å². The van der Waals surface area contributed by atoms with Crippen molar-refractivity contribution in [3.8, 4) is 11.8 Å². The Bertz CT molecular complexity index is 836. The molecule has 0 bridgehead atoms. The van der Waals surface area contributed by atoms with Crippen LogP contribution in [0.4, 0.5) is 5.69 Å². The molecule has 25 heavy (non-hydrogen) atoms. The molecule has 0 aromatic heterocycles. The Morgan fingerprint density at radius 3 is 2.56 bits per heavy atom. The molecule has 0 heterocycles. The standard InChI is InChI=1S/C20H17ClN2O2/c1-2-25-19-11-7-6-10-18(19)23-20(24)16(14-22)13-17(21)12-15-8-4-3-5-9-15/h3-13H,2H2,1H3,(H,23,24)/b16-13+,17-12-. The number of carbonyl (C=O) groups excluding carboxylic acids is 1. The Morgan fingerprint density at radius 2 is 1.88 bits per heavy atom. The third-order valence-electron chi connectivity index (χ3n) is 3.19. The van der Waals surface area contributed by atoms with E-state index in [0.717, 1.165) is 5.56 Å². The van der Waals surface area contributed by atoms with Gasteiger partial charge in [-0.3, -0.25) is 4.79 Å². The van der Waals surface area contributed by atoms with Crippen molar-refractivity contribution >= 4 is 29.3 Å². The van der Waals surface area contributed by atoms with Gasteiger partial charge >= 0.3 is 0 Å². The van der Waals surface area contributed by atoms with Crippen LogP contribution < -0.4 is 10.1 Å². The lowest BCUT2D eigenvalue weighted by molar-refractivity contribution is -0.112. The summed E-state index contributed by atoms with van der Waals surface area (Å²) in [5, 5.41) is 12.2. The molecule has 2 aromatic rings. The van der Waals surface area contributed by atoms with Gasteiger partial charge in [0.2, 0.25) is 0 Å². The Labute approximate surface area is 152 Å². The minimum Gasteiger partial charge on any atom is -0.492 e. The summed E-state index contributed by atoms with van der Waals surface area (Å²) in [4.78, 5) is 12.3. The quantitative estimate of drug-likeness (QED) is 0.463. The number of halogens is 1. The number of rotatable bonds is 6. The van der Waals surface area contributed by atoms with E-state index in [0.29, 0.717) is 18.0 Å². The van der Waals surface area contributed by atoms with Crippen molar-refractivity contribution in [3.63, 3.8) is 0 Å². The molecule has 2 rings (SSSR count). The predicted octanol–water partition coefficient (Wildman–Crippen LogP) is 4.75. The number of amides is 1. The number of nitriles is 1. The van der Waals surface area contributed by atoms with Crippen LogP contribution in [0.2, 0.25) is 0 Å². The van der Waals surface area contributed by atoms with Crippen LogP contribution in [-0.2, 0) is 4.79 Å². The Balaban J connectivity index is 2.19. The first-order valence-electron chi connectivity index (χ1n) is 7.71. The highest BCUT2D eigenvalue weighted by atomic mass is 35.5. The van der Waals surface area contributed by atoms with E-state index >= 15 is 0 Å². The summed E-state index contributed by atoms with van der Waals surface area (Å²) in [7, 11) is 0. The van der Waals surface area contributed by atoms with Crippen molar-refractivity contribution in [3.05, 3.63) is 76.8 Å². The van der Waals surface area contributed by atoms with E-state index in [1.54, 1.807) is 30.3 Å². The second-order valence-electron chi connectivity index (χ2n) is 4.99. The fourth-order valence-electron chi connectivity index (χ4n) is 2.08. The molecular weight excluding hydrogens is 336 g/mol. The van der Waals surface area contributed by atoms with E-state index in [1.165, 1.54) is 6.08 Å². The highest BCUT2D eigenvalue weighted by Gasteiger charge is 2.12. The van der Waals surface area contributed by atoms with Gasteiger partial charge in [-0.25, -0.2) is 0 Å². The van der Waals surface area contributed by atoms with Crippen LogP contribution in [0.5, 0.6) is 5.75 Å². The van der Waals surface area contributed by atoms with Crippen LogP contribution in [0, 0.1) is 11.3 Å². The predicted molar refractivity (Wildman–Crippen MR) is 100 cm³/mol. The largest absolute Gasteiger partial charge is 0.492 e. The van der Waals surface area contributed by atoms with Crippen molar-refractivity contribution in [2.24, 2.45) is 0 Å². The van der Waals surface area contributed by atoms with Crippen LogP contribution in [-0.4, -0.2) is 12.5 Å². The van der Waals surface area contributed by atoms with Crippen LogP contribution in [0.3, 0.4) is 0 Å². The topological polar surface area (TPSA) is 62.1 Å². The van der Waals surface area contributed by atoms with Crippen molar-refractivity contribution in [1.29, 1.82) is 5.26 Å². The monoisotopic (exact) mass is 352 g/mol. The number of allylic oxidation sites excluding steroid dienone is 2. The highest BCUT2D eigenvalue weighted by Crippen LogP contribution is 2.24. The maximum absolute atomic E-state index is 12.3. The molecule has 0 radical (unpaired) electrons. The van der Waals surface area contributed by atoms with E-state index in [9.17, 15) is 10.1 Å². The lowest BCUT2D eigenvalue weighted by Gasteiger charge is -2.10. The molecule has 1 N–H and O–H groups in total. The average Bonchev–Trinajstić information content (AvgIpc) is 2.62. The van der Waals surface area contributed by atoms with Gasteiger partial charge in [0.1, 0.15) is 17.4 Å². The minimum absolute atomic E-state index is 0.0940. The zero-order valence-corrected chi connectivity index (χ0v) is 14.5. The fourth-order valence-corrected chi connectivity index (χ4v) is 2.31.